The number of aromatic amines is 1. The summed E-state index contributed by atoms with van der Waals surface area (Å²) in [6.07, 6.45) is 6.58. The van der Waals surface area contributed by atoms with Gasteiger partial charge >= 0.3 is 0 Å². The molecule has 0 aliphatic carbocycles. The number of nitrogens with one attached hydrogen (secondary N) is 2. The highest BCUT2D eigenvalue weighted by Gasteiger charge is 2.14. The van der Waals surface area contributed by atoms with E-state index >= 15 is 0 Å². The number of hydrogen-bond acceptors (Lipinski definition) is 5. The van der Waals surface area contributed by atoms with Crippen molar-refractivity contribution in [3.05, 3.63) is 30.9 Å². The maximum absolute atomic E-state index is 5.58. The van der Waals surface area contributed by atoms with Gasteiger partial charge in [-0.1, -0.05) is 0 Å². The van der Waals surface area contributed by atoms with E-state index in [1.54, 1.807) is 6.20 Å². The highest BCUT2D eigenvalue weighted by Crippen LogP contribution is 2.34. The Morgan fingerprint density at radius 3 is 2.91 bits per heavy atom. The van der Waals surface area contributed by atoms with Gasteiger partial charge in [0.25, 0.3) is 0 Å². The minimum absolute atomic E-state index is 0.586. The van der Waals surface area contributed by atoms with Crippen LogP contribution in [0.25, 0.3) is 11.0 Å². The van der Waals surface area contributed by atoms with E-state index in [9.17, 15) is 0 Å². The smallest absolute Gasteiger partial charge is 0.201 e. The van der Waals surface area contributed by atoms with Crippen LogP contribution in [-0.4, -0.2) is 39.3 Å². The van der Waals surface area contributed by atoms with E-state index in [4.69, 9.17) is 9.47 Å². The number of aryl methyl sites for hydroxylation is 1. The Balaban J connectivity index is 1.41. The molecule has 2 aromatic heterocycles. The number of ether oxygens (including phenoxy) is 2. The Labute approximate surface area is 127 Å². The predicted molar refractivity (Wildman–Crippen MR) is 82.4 cm³/mol. The SMILES string of the molecule is c1cn(CCCNc2nc3cc4c(cc3[nH]2)OCCO4)cn1. The first-order valence-electron chi connectivity index (χ1n) is 7.37. The molecule has 0 saturated heterocycles. The number of hydrogen-bond donors (Lipinski definition) is 2. The molecule has 2 N–H and O–H groups in total. The van der Waals surface area contributed by atoms with Gasteiger partial charge in [0, 0.05) is 37.6 Å². The standard InChI is InChI=1S/C15H17N5O2/c1(4-20-5-3-16-10-20)2-17-15-18-11-8-13-14(9-12(11)19-15)22-7-6-21-13/h3,5,8-10H,1-2,4,6-7H2,(H2,17,18,19). The zero-order valence-corrected chi connectivity index (χ0v) is 12.1. The minimum Gasteiger partial charge on any atom is -0.486 e. The second kappa shape index (κ2) is 5.59. The Kier molecular flexibility index (Phi) is 3.30. The van der Waals surface area contributed by atoms with Crippen molar-refractivity contribution >= 4 is 17.0 Å². The van der Waals surface area contributed by atoms with Gasteiger partial charge in [0.1, 0.15) is 13.2 Å². The zero-order chi connectivity index (χ0) is 14.8. The molecule has 1 aliphatic rings. The number of benzene rings is 1. The number of fused-ring (bicyclic) bond motifs is 2. The first-order valence-corrected chi connectivity index (χ1v) is 7.37. The molecule has 0 amide bonds. The Bertz CT molecular complexity index is 723. The average molecular weight is 299 g/mol. The maximum Gasteiger partial charge on any atom is 0.201 e. The summed E-state index contributed by atoms with van der Waals surface area (Å²) in [5.74, 6) is 2.30. The summed E-state index contributed by atoms with van der Waals surface area (Å²) >= 11 is 0. The first-order chi connectivity index (χ1) is 10.9. The molecule has 0 spiro atoms. The van der Waals surface area contributed by atoms with Crippen LogP contribution in [0.1, 0.15) is 6.42 Å². The van der Waals surface area contributed by atoms with Crippen LogP contribution in [0.3, 0.4) is 0 Å². The quantitative estimate of drug-likeness (QED) is 0.705. The molecule has 7 heteroatoms. The zero-order valence-electron chi connectivity index (χ0n) is 12.1. The Hall–Kier alpha value is -2.70. The van der Waals surface area contributed by atoms with Gasteiger partial charge in [-0.3, -0.25) is 0 Å². The molecular weight excluding hydrogens is 282 g/mol. The van der Waals surface area contributed by atoms with E-state index < -0.39 is 0 Å². The van der Waals surface area contributed by atoms with Crippen molar-refractivity contribution in [3.8, 4) is 11.5 Å². The first kappa shape index (κ1) is 13.0. The van der Waals surface area contributed by atoms with Crippen LogP contribution in [0, 0.1) is 0 Å². The lowest BCUT2D eigenvalue weighted by Crippen LogP contribution is -2.15. The van der Waals surface area contributed by atoms with Crippen molar-refractivity contribution in [3.63, 3.8) is 0 Å². The number of aromatic nitrogens is 4. The lowest BCUT2D eigenvalue weighted by Gasteiger charge is -2.17. The van der Waals surface area contributed by atoms with Gasteiger partial charge in [-0.2, -0.15) is 0 Å². The summed E-state index contributed by atoms with van der Waals surface area (Å²) in [7, 11) is 0. The van der Waals surface area contributed by atoms with Crippen molar-refractivity contribution < 1.29 is 9.47 Å². The molecule has 22 heavy (non-hydrogen) atoms. The largest absolute Gasteiger partial charge is 0.486 e. The number of imidazole rings is 2. The van der Waals surface area contributed by atoms with Crippen molar-refractivity contribution in [1.29, 1.82) is 0 Å². The summed E-state index contributed by atoms with van der Waals surface area (Å²) in [5, 5.41) is 3.31. The molecular formula is C15H17N5O2. The van der Waals surface area contributed by atoms with Gasteiger partial charge < -0.3 is 24.3 Å². The molecule has 114 valence electrons. The molecule has 0 unspecified atom stereocenters. The van der Waals surface area contributed by atoms with E-state index in [-0.39, 0.29) is 0 Å². The molecule has 0 fully saturated rings. The highest BCUT2D eigenvalue weighted by molar-refractivity contribution is 5.81. The third-order valence-corrected chi connectivity index (χ3v) is 3.59. The van der Waals surface area contributed by atoms with Crippen LogP contribution < -0.4 is 14.8 Å². The summed E-state index contributed by atoms with van der Waals surface area (Å²) in [6.45, 7) is 2.95. The minimum atomic E-state index is 0.586. The normalized spacial score (nSPS) is 13.5. The fourth-order valence-corrected chi connectivity index (χ4v) is 2.52. The second-order valence-electron chi connectivity index (χ2n) is 5.18. The van der Waals surface area contributed by atoms with Crippen LogP contribution in [0.15, 0.2) is 30.9 Å². The topological polar surface area (TPSA) is 77.0 Å². The van der Waals surface area contributed by atoms with Gasteiger partial charge in [-0.05, 0) is 6.42 Å². The molecule has 1 aliphatic heterocycles. The van der Waals surface area contributed by atoms with Gasteiger partial charge in [0.15, 0.2) is 11.5 Å². The van der Waals surface area contributed by atoms with Crippen LogP contribution >= 0.6 is 0 Å². The fraction of sp³-hybridized carbons (Fsp3) is 0.333. The average Bonchev–Trinajstić information content (AvgIpc) is 3.18. The number of nitrogens with zero attached hydrogens (tertiary/aromatic N) is 3. The van der Waals surface area contributed by atoms with Crippen molar-refractivity contribution in [1.82, 2.24) is 19.5 Å². The monoisotopic (exact) mass is 299 g/mol. The van der Waals surface area contributed by atoms with Crippen LogP contribution in [0.4, 0.5) is 5.95 Å². The van der Waals surface area contributed by atoms with Crippen LogP contribution in [-0.2, 0) is 6.54 Å². The Morgan fingerprint density at radius 2 is 2.09 bits per heavy atom. The number of anilines is 1. The van der Waals surface area contributed by atoms with Crippen molar-refractivity contribution in [2.45, 2.75) is 13.0 Å². The molecule has 7 nitrogen and oxygen atoms in total. The van der Waals surface area contributed by atoms with Crippen molar-refractivity contribution in [2.24, 2.45) is 0 Å². The summed E-state index contributed by atoms with van der Waals surface area (Å²) in [5.41, 5.74) is 1.82. The molecule has 0 atom stereocenters. The van der Waals surface area contributed by atoms with E-state index in [0.717, 1.165) is 48.0 Å². The molecule has 3 heterocycles. The van der Waals surface area contributed by atoms with Gasteiger partial charge in [-0.15, -0.1) is 0 Å². The molecule has 4 rings (SSSR count). The van der Waals surface area contributed by atoms with Gasteiger partial charge in [0.05, 0.1) is 17.4 Å². The van der Waals surface area contributed by atoms with E-state index in [1.807, 2.05) is 24.7 Å². The molecule has 0 radical (unpaired) electrons. The third kappa shape index (κ3) is 2.57. The molecule has 1 aromatic carbocycles. The van der Waals surface area contributed by atoms with Crippen LogP contribution in [0.2, 0.25) is 0 Å². The number of H-pyrrole nitrogens is 1. The summed E-state index contributed by atoms with van der Waals surface area (Å²) in [4.78, 5) is 11.8. The Morgan fingerprint density at radius 1 is 1.23 bits per heavy atom. The van der Waals surface area contributed by atoms with Gasteiger partial charge in [-0.25, -0.2) is 9.97 Å². The third-order valence-electron chi connectivity index (χ3n) is 3.59. The van der Waals surface area contributed by atoms with Gasteiger partial charge in [0.2, 0.25) is 5.95 Å². The fourth-order valence-electron chi connectivity index (χ4n) is 2.52. The predicted octanol–water partition coefficient (Wildman–Crippen LogP) is 2.03. The maximum atomic E-state index is 5.58. The van der Waals surface area contributed by atoms with E-state index in [2.05, 4.69) is 24.8 Å². The van der Waals surface area contributed by atoms with E-state index in [0.29, 0.717) is 13.2 Å². The lowest BCUT2D eigenvalue weighted by atomic mass is 10.2. The molecule has 3 aromatic rings. The van der Waals surface area contributed by atoms with Crippen LogP contribution in [0.5, 0.6) is 11.5 Å². The van der Waals surface area contributed by atoms with E-state index in [1.165, 1.54) is 0 Å². The number of rotatable bonds is 5. The second-order valence-corrected chi connectivity index (χ2v) is 5.18. The summed E-state index contributed by atoms with van der Waals surface area (Å²) < 4.78 is 13.2. The molecule has 0 bridgehead atoms. The highest BCUT2D eigenvalue weighted by atomic mass is 16.6. The summed E-state index contributed by atoms with van der Waals surface area (Å²) in [6, 6.07) is 3.85. The lowest BCUT2D eigenvalue weighted by molar-refractivity contribution is 0.172. The van der Waals surface area contributed by atoms with Crippen molar-refractivity contribution in [2.75, 3.05) is 25.1 Å². The molecule has 0 saturated carbocycles.